The molecular weight excluding hydrogens is 388 g/mol. The van der Waals surface area contributed by atoms with E-state index in [-0.39, 0.29) is 28.4 Å². The molecule has 6 N–H and O–H groups in total. The molecule has 2 aromatic rings. The van der Waals surface area contributed by atoms with Crippen LogP contribution in [0.2, 0.25) is 0 Å². The van der Waals surface area contributed by atoms with Crippen LogP contribution in [0.1, 0.15) is 21.5 Å². The molecule has 9 nitrogen and oxygen atoms in total. The number of aromatic carboxylic acids is 1. The van der Waals surface area contributed by atoms with E-state index in [2.05, 4.69) is 0 Å². The number of carboxylic acid groups (broad SMARTS) is 1. The van der Waals surface area contributed by atoms with Gasteiger partial charge >= 0.3 is 5.97 Å². The lowest BCUT2D eigenvalue weighted by Gasteiger charge is -2.10. The Labute approximate surface area is 151 Å². The number of thioether (sulfide) groups is 1. The topological polar surface area (TPSA) is 173 Å². The molecule has 0 radical (unpaired) electrons. The van der Waals surface area contributed by atoms with Gasteiger partial charge in [-0.05, 0) is 18.2 Å². The first-order chi connectivity index (χ1) is 12.0. The van der Waals surface area contributed by atoms with Gasteiger partial charge in [-0.2, -0.15) is 20.2 Å². The molecule has 0 unspecified atom stereocenters. The first-order valence-corrected chi connectivity index (χ1v) is 9.48. The van der Waals surface area contributed by atoms with Crippen LogP contribution in [0, 0.1) is 0 Å². The number of aromatic hydroxyl groups is 4. The van der Waals surface area contributed by atoms with Crippen molar-refractivity contribution in [3.8, 4) is 23.0 Å². The predicted octanol–water partition coefficient (Wildman–Crippen LogP) is 1.89. The lowest BCUT2D eigenvalue weighted by molar-refractivity contribution is 0.0693. The maximum absolute atomic E-state index is 11.0. The first kappa shape index (κ1) is 19.7. The molecule has 0 saturated heterocycles. The van der Waals surface area contributed by atoms with Crippen LogP contribution in [0.5, 0.6) is 23.0 Å². The average molecular weight is 402 g/mol. The van der Waals surface area contributed by atoms with Gasteiger partial charge in [-0.1, -0.05) is 0 Å². The number of carbonyl (C=O) groups is 1. The summed E-state index contributed by atoms with van der Waals surface area (Å²) in [5, 5.41) is 47.8. The normalized spacial score (nSPS) is 11.4. The van der Waals surface area contributed by atoms with E-state index in [1.165, 1.54) is 0 Å². The summed E-state index contributed by atoms with van der Waals surface area (Å²) < 4.78 is 31.0. The van der Waals surface area contributed by atoms with Crippen molar-refractivity contribution < 1.29 is 43.3 Å². The molecule has 0 saturated carbocycles. The second-order valence-electron chi connectivity index (χ2n) is 5.22. The molecule has 2 rings (SSSR count). The number of hydrogen-bond donors (Lipinski definition) is 6. The fraction of sp³-hybridized carbons (Fsp3) is 0.133. The number of phenolic OH excluding ortho intramolecular Hbond substituents is 3. The highest BCUT2D eigenvalue weighted by Gasteiger charge is 2.19. The van der Waals surface area contributed by atoms with Crippen LogP contribution in [-0.2, 0) is 21.6 Å². The summed E-state index contributed by atoms with van der Waals surface area (Å²) >= 11 is 1.13. The van der Waals surface area contributed by atoms with Crippen LogP contribution >= 0.6 is 11.8 Å². The third-order valence-electron chi connectivity index (χ3n) is 3.38. The molecule has 0 aromatic heterocycles. The standard InChI is InChI=1S/C15H14O9S2/c16-10-3-9(15(20)21)12(18)1-7(10)5-25-6-8-2-13(19)14(4-11(8)17)26(22,23)24/h1-4,16-19H,5-6H2,(H,20,21)(H,22,23,24). The third-order valence-corrected chi connectivity index (χ3v) is 5.29. The van der Waals surface area contributed by atoms with Crippen molar-refractivity contribution in [3.05, 3.63) is 41.0 Å². The monoisotopic (exact) mass is 402 g/mol. The summed E-state index contributed by atoms with van der Waals surface area (Å²) in [6.45, 7) is 0. The van der Waals surface area contributed by atoms with E-state index in [9.17, 15) is 33.6 Å². The maximum Gasteiger partial charge on any atom is 0.339 e. The van der Waals surface area contributed by atoms with Gasteiger partial charge in [0.25, 0.3) is 10.1 Å². The van der Waals surface area contributed by atoms with E-state index in [4.69, 9.17) is 9.66 Å². The first-order valence-electron chi connectivity index (χ1n) is 6.89. The molecule has 0 spiro atoms. The Hall–Kier alpha value is -2.63. The SMILES string of the molecule is O=C(O)c1cc(O)c(CSCc2cc(O)c(S(=O)(=O)O)cc2O)cc1O. The molecule has 0 aliphatic rings. The Morgan fingerprint density at radius 3 is 1.85 bits per heavy atom. The molecule has 0 aliphatic heterocycles. The predicted molar refractivity (Wildman–Crippen MR) is 91.3 cm³/mol. The minimum atomic E-state index is -4.68. The summed E-state index contributed by atoms with van der Waals surface area (Å²) in [6, 6.07) is 3.71. The van der Waals surface area contributed by atoms with Crippen molar-refractivity contribution in [1.82, 2.24) is 0 Å². The van der Waals surface area contributed by atoms with Gasteiger partial charge in [-0.25, -0.2) is 4.79 Å². The minimum Gasteiger partial charge on any atom is -0.508 e. The molecule has 2 aromatic carbocycles. The third kappa shape index (κ3) is 4.31. The smallest absolute Gasteiger partial charge is 0.339 e. The molecule has 0 heterocycles. The van der Waals surface area contributed by atoms with Gasteiger partial charge in [-0.3, -0.25) is 4.55 Å². The van der Waals surface area contributed by atoms with E-state index in [0.717, 1.165) is 30.0 Å². The lowest BCUT2D eigenvalue weighted by atomic mass is 10.1. The van der Waals surface area contributed by atoms with Crippen LogP contribution in [0.3, 0.4) is 0 Å². The van der Waals surface area contributed by atoms with Gasteiger partial charge in [0.15, 0.2) is 0 Å². The van der Waals surface area contributed by atoms with Crippen LogP contribution in [-0.4, -0.2) is 44.5 Å². The molecule has 0 fully saturated rings. The number of benzene rings is 2. The zero-order valence-corrected chi connectivity index (χ0v) is 14.6. The minimum absolute atomic E-state index is 0.0893. The highest BCUT2D eigenvalue weighted by molar-refractivity contribution is 7.97. The summed E-state index contributed by atoms with van der Waals surface area (Å²) in [5.41, 5.74) is -0.0267. The average Bonchev–Trinajstić information content (AvgIpc) is 2.51. The molecule has 11 heteroatoms. The van der Waals surface area contributed by atoms with Gasteiger partial charge in [0.05, 0.1) is 0 Å². The van der Waals surface area contributed by atoms with E-state index < -0.39 is 43.8 Å². The molecule has 140 valence electrons. The van der Waals surface area contributed by atoms with E-state index in [1.807, 2.05) is 0 Å². The Morgan fingerprint density at radius 2 is 1.35 bits per heavy atom. The zero-order valence-electron chi connectivity index (χ0n) is 12.9. The largest absolute Gasteiger partial charge is 0.508 e. The Bertz CT molecular complexity index is 968. The summed E-state index contributed by atoms with van der Waals surface area (Å²) in [4.78, 5) is 10.0. The van der Waals surface area contributed by atoms with Crippen molar-refractivity contribution in [1.29, 1.82) is 0 Å². The molecule has 0 atom stereocenters. The van der Waals surface area contributed by atoms with Gasteiger partial charge in [0.1, 0.15) is 33.5 Å². The van der Waals surface area contributed by atoms with Crippen molar-refractivity contribution in [3.63, 3.8) is 0 Å². The fourth-order valence-electron chi connectivity index (χ4n) is 2.10. The number of rotatable bonds is 6. The molecule has 0 amide bonds. The van der Waals surface area contributed by atoms with Crippen LogP contribution < -0.4 is 0 Å². The van der Waals surface area contributed by atoms with Crippen molar-refractivity contribution in [2.75, 3.05) is 0 Å². The second-order valence-corrected chi connectivity index (χ2v) is 7.60. The highest BCUT2D eigenvalue weighted by Crippen LogP contribution is 2.35. The highest BCUT2D eigenvalue weighted by atomic mass is 32.2. The van der Waals surface area contributed by atoms with Gasteiger partial charge in [0.2, 0.25) is 0 Å². The number of phenols is 4. The van der Waals surface area contributed by atoms with Gasteiger partial charge in [0, 0.05) is 28.7 Å². The second kappa shape index (κ2) is 7.32. The lowest BCUT2D eigenvalue weighted by Crippen LogP contribution is -1.99. The van der Waals surface area contributed by atoms with Crippen molar-refractivity contribution in [2.45, 2.75) is 16.4 Å². The van der Waals surface area contributed by atoms with Crippen LogP contribution in [0.15, 0.2) is 29.2 Å². The summed E-state index contributed by atoms with van der Waals surface area (Å²) in [6.07, 6.45) is 0. The molecule has 0 aliphatic carbocycles. The van der Waals surface area contributed by atoms with Gasteiger partial charge < -0.3 is 25.5 Å². The Morgan fingerprint density at radius 1 is 0.846 bits per heavy atom. The van der Waals surface area contributed by atoms with Crippen molar-refractivity contribution >= 4 is 27.8 Å². The molecule has 26 heavy (non-hydrogen) atoms. The van der Waals surface area contributed by atoms with E-state index in [1.54, 1.807) is 0 Å². The Balaban J connectivity index is 2.15. The quantitative estimate of drug-likeness (QED) is 0.309. The molecular formula is C15H14O9S2. The summed E-state index contributed by atoms with van der Waals surface area (Å²) in [7, 11) is -4.68. The fourth-order valence-corrected chi connectivity index (χ4v) is 3.69. The summed E-state index contributed by atoms with van der Waals surface area (Å²) in [5.74, 6) is -3.21. The maximum atomic E-state index is 11.0. The van der Waals surface area contributed by atoms with Crippen LogP contribution in [0.25, 0.3) is 0 Å². The Kier molecular flexibility index (Phi) is 5.54. The van der Waals surface area contributed by atoms with Crippen molar-refractivity contribution in [2.24, 2.45) is 0 Å². The zero-order chi connectivity index (χ0) is 19.6. The van der Waals surface area contributed by atoms with E-state index in [0.29, 0.717) is 6.07 Å². The molecule has 0 bridgehead atoms. The van der Waals surface area contributed by atoms with Gasteiger partial charge in [-0.15, -0.1) is 0 Å². The van der Waals surface area contributed by atoms with Crippen LogP contribution in [0.4, 0.5) is 0 Å². The number of hydrogen-bond acceptors (Lipinski definition) is 8. The number of carboxylic acids is 1. The van der Waals surface area contributed by atoms with E-state index >= 15 is 0 Å².